The van der Waals surface area contributed by atoms with E-state index in [-0.39, 0.29) is 35.9 Å². The van der Waals surface area contributed by atoms with Gasteiger partial charge in [0.15, 0.2) is 5.69 Å². The Hall–Kier alpha value is -2.67. The highest BCUT2D eigenvalue weighted by molar-refractivity contribution is 5.91. The number of fused-ring (bicyclic) bond motifs is 2. The van der Waals surface area contributed by atoms with E-state index >= 15 is 0 Å². The van der Waals surface area contributed by atoms with Gasteiger partial charge in [-0.05, 0) is 49.1 Å². The third-order valence-corrected chi connectivity index (χ3v) is 8.73. The van der Waals surface area contributed by atoms with Gasteiger partial charge in [-0.2, -0.15) is 0 Å². The number of carbonyl (C=O) groups is 2. The van der Waals surface area contributed by atoms with Crippen LogP contribution in [0.1, 0.15) is 104 Å². The van der Waals surface area contributed by atoms with Crippen LogP contribution in [0.2, 0.25) is 0 Å². The Labute approximate surface area is 219 Å². The molecule has 1 saturated carbocycles. The number of benzene rings is 1. The van der Waals surface area contributed by atoms with Crippen LogP contribution in [0, 0.1) is 11.8 Å². The summed E-state index contributed by atoms with van der Waals surface area (Å²) in [5.74, 6) is 1.29. The van der Waals surface area contributed by atoms with Gasteiger partial charge in [-0.25, -0.2) is 4.98 Å². The molecule has 1 aromatic carbocycles. The molecule has 7 heteroatoms. The molecule has 4 atom stereocenters. The van der Waals surface area contributed by atoms with Crippen LogP contribution in [0.4, 0.5) is 0 Å². The number of aryl methyl sites for hydroxylation is 1. The van der Waals surface area contributed by atoms with Gasteiger partial charge in [0.25, 0.3) is 5.91 Å². The molecule has 2 bridgehead atoms. The summed E-state index contributed by atoms with van der Waals surface area (Å²) in [6.07, 6.45) is 15.9. The van der Waals surface area contributed by atoms with E-state index < -0.39 is 0 Å². The minimum absolute atomic E-state index is 0.0278. The Morgan fingerprint density at radius 3 is 2.59 bits per heavy atom. The lowest BCUT2D eigenvalue weighted by Gasteiger charge is -2.26. The average molecular weight is 508 g/mol. The third kappa shape index (κ3) is 6.43. The smallest absolute Gasteiger partial charge is 0.273 e. The number of nitrogens with two attached hydrogens (primary N) is 1. The zero-order valence-corrected chi connectivity index (χ0v) is 21.8. The van der Waals surface area contributed by atoms with E-state index in [0.717, 1.165) is 37.2 Å². The molecule has 0 spiro atoms. The number of carbonyl (C=O) groups excluding carboxylic acids is 2. The predicted molar refractivity (Wildman–Crippen MR) is 141 cm³/mol. The van der Waals surface area contributed by atoms with Crippen molar-refractivity contribution in [2.45, 2.75) is 102 Å². The second kappa shape index (κ2) is 12.2. The number of ether oxygens (including phenoxy) is 1. The molecule has 3 heterocycles. The molecule has 3 aliphatic rings. The normalized spacial score (nSPS) is 25.4. The minimum Gasteiger partial charge on any atom is -0.448 e. The second-order valence-corrected chi connectivity index (χ2v) is 11.2. The van der Waals surface area contributed by atoms with Crippen molar-refractivity contribution in [1.29, 1.82) is 0 Å². The lowest BCUT2D eigenvalue weighted by molar-refractivity contribution is -0.118. The second-order valence-electron chi connectivity index (χ2n) is 11.2. The SMILES string of the molecule is NC(=O)CCc1ccccc1CC1C2CCC(O2)C1c1nc(C(=O)NCCCCC2CCCCC2)co1. The summed E-state index contributed by atoms with van der Waals surface area (Å²) < 4.78 is 12.2. The fourth-order valence-electron chi connectivity index (χ4n) is 6.76. The lowest BCUT2D eigenvalue weighted by Crippen LogP contribution is -2.28. The molecule has 3 fully saturated rings. The molecule has 37 heavy (non-hydrogen) atoms. The topological polar surface area (TPSA) is 107 Å². The Morgan fingerprint density at radius 1 is 1.00 bits per heavy atom. The first-order chi connectivity index (χ1) is 18.1. The first-order valence-electron chi connectivity index (χ1n) is 14.3. The number of hydrogen-bond donors (Lipinski definition) is 2. The summed E-state index contributed by atoms with van der Waals surface area (Å²) in [6.45, 7) is 0.676. The first kappa shape index (κ1) is 26.0. The van der Waals surface area contributed by atoms with Gasteiger partial charge in [-0.3, -0.25) is 9.59 Å². The van der Waals surface area contributed by atoms with E-state index in [2.05, 4.69) is 22.4 Å². The molecule has 2 saturated heterocycles. The van der Waals surface area contributed by atoms with Gasteiger partial charge in [0, 0.05) is 18.9 Å². The molecule has 0 radical (unpaired) electrons. The van der Waals surface area contributed by atoms with Crippen LogP contribution < -0.4 is 11.1 Å². The lowest BCUT2D eigenvalue weighted by atomic mass is 9.75. The molecule has 3 N–H and O–H groups in total. The van der Waals surface area contributed by atoms with Crippen molar-refractivity contribution < 1.29 is 18.7 Å². The van der Waals surface area contributed by atoms with Gasteiger partial charge >= 0.3 is 0 Å². The zero-order valence-electron chi connectivity index (χ0n) is 21.8. The molecular formula is C30H41N3O4. The Morgan fingerprint density at radius 2 is 1.78 bits per heavy atom. The zero-order chi connectivity index (χ0) is 25.6. The molecule has 2 amide bonds. The van der Waals surface area contributed by atoms with E-state index in [9.17, 15) is 9.59 Å². The summed E-state index contributed by atoms with van der Waals surface area (Å²) in [7, 11) is 0. The van der Waals surface area contributed by atoms with E-state index in [0.29, 0.717) is 31.0 Å². The maximum atomic E-state index is 12.7. The standard InChI is InChI=1S/C30H41N3O4/c31-27(34)16-13-21-11-4-5-12-22(21)18-23-25-14-15-26(37-25)28(23)30-33-24(19-36-30)29(35)32-17-7-6-10-20-8-2-1-3-9-20/h4-5,11-12,19-20,23,25-26,28H,1-3,6-10,13-18H2,(H2,31,34)(H,32,35). The van der Waals surface area contributed by atoms with Gasteiger partial charge in [0.2, 0.25) is 11.8 Å². The van der Waals surface area contributed by atoms with Crippen LogP contribution in [0.25, 0.3) is 0 Å². The number of primary amides is 1. The molecule has 1 aliphatic carbocycles. The van der Waals surface area contributed by atoms with Crippen molar-refractivity contribution >= 4 is 11.8 Å². The van der Waals surface area contributed by atoms with Crippen LogP contribution in [0.5, 0.6) is 0 Å². The predicted octanol–water partition coefficient (Wildman–Crippen LogP) is 5.08. The maximum absolute atomic E-state index is 12.7. The third-order valence-electron chi connectivity index (χ3n) is 8.73. The quantitative estimate of drug-likeness (QED) is 0.390. The van der Waals surface area contributed by atoms with Crippen LogP contribution in [0.3, 0.4) is 0 Å². The minimum atomic E-state index is -0.286. The van der Waals surface area contributed by atoms with E-state index in [4.69, 9.17) is 14.9 Å². The molecule has 1 aromatic heterocycles. The van der Waals surface area contributed by atoms with Gasteiger partial charge in [-0.1, -0.05) is 69.2 Å². The Kier molecular flexibility index (Phi) is 8.59. The van der Waals surface area contributed by atoms with Crippen molar-refractivity contribution in [1.82, 2.24) is 10.3 Å². The highest BCUT2D eigenvalue weighted by Gasteiger charge is 2.51. The number of rotatable bonds is 12. The Balaban J connectivity index is 1.17. The summed E-state index contributed by atoms with van der Waals surface area (Å²) in [5, 5.41) is 3.03. The number of nitrogens with one attached hydrogen (secondary N) is 1. The largest absolute Gasteiger partial charge is 0.448 e. The van der Waals surface area contributed by atoms with Gasteiger partial charge in [-0.15, -0.1) is 0 Å². The number of amides is 2. The van der Waals surface area contributed by atoms with Crippen LogP contribution in [-0.2, 0) is 22.4 Å². The van der Waals surface area contributed by atoms with Gasteiger partial charge < -0.3 is 20.2 Å². The molecule has 2 aliphatic heterocycles. The van der Waals surface area contributed by atoms with Crippen molar-refractivity contribution in [3.05, 3.63) is 53.2 Å². The van der Waals surface area contributed by atoms with Crippen molar-refractivity contribution in [3.63, 3.8) is 0 Å². The average Bonchev–Trinajstić information content (AvgIpc) is 3.65. The van der Waals surface area contributed by atoms with Crippen LogP contribution in [0.15, 0.2) is 34.9 Å². The fraction of sp³-hybridized carbons (Fsp3) is 0.633. The number of aromatic nitrogens is 1. The van der Waals surface area contributed by atoms with E-state index in [1.54, 1.807) is 0 Å². The molecule has 200 valence electrons. The molecular weight excluding hydrogens is 466 g/mol. The highest BCUT2D eigenvalue weighted by Crippen LogP contribution is 2.50. The molecule has 2 aromatic rings. The number of nitrogens with zero attached hydrogens (tertiary/aromatic N) is 1. The van der Waals surface area contributed by atoms with Crippen LogP contribution in [-0.4, -0.2) is 35.6 Å². The summed E-state index contributed by atoms with van der Waals surface area (Å²) >= 11 is 0. The number of unbranched alkanes of at least 4 members (excludes halogenated alkanes) is 1. The van der Waals surface area contributed by atoms with Crippen molar-refractivity contribution in [2.24, 2.45) is 17.6 Å². The van der Waals surface area contributed by atoms with E-state index in [1.165, 1.54) is 56.8 Å². The fourth-order valence-corrected chi connectivity index (χ4v) is 6.76. The molecule has 5 rings (SSSR count). The Bertz CT molecular complexity index is 1060. The summed E-state index contributed by atoms with van der Waals surface area (Å²) in [4.78, 5) is 28.7. The van der Waals surface area contributed by atoms with Crippen molar-refractivity contribution in [2.75, 3.05) is 6.54 Å². The number of oxazole rings is 1. The highest BCUT2D eigenvalue weighted by atomic mass is 16.5. The van der Waals surface area contributed by atoms with Crippen molar-refractivity contribution in [3.8, 4) is 0 Å². The maximum Gasteiger partial charge on any atom is 0.273 e. The molecule has 7 nitrogen and oxygen atoms in total. The summed E-state index contributed by atoms with van der Waals surface area (Å²) in [6, 6.07) is 8.24. The number of hydrogen-bond acceptors (Lipinski definition) is 5. The van der Waals surface area contributed by atoms with Crippen LogP contribution >= 0.6 is 0 Å². The molecule has 4 unspecified atom stereocenters. The monoisotopic (exact) mass is 507 g/mol. The van der Waals surface area contributed by atoms with Gasteiger partial charge in [0.1, 0.15) is 6.26 Å². The van der Waals surface area contributed by atoms with E-state index in [1.807, 2.05) is 12.1 Å². The summed E-state index contributed by atoms with van der Waals surface area (Å²) in [5.41, 5.74) is 8.11. The van der Waals surface area contributed by atoms with Gasteiger partial charge in [0.05, 0.1) is 18.1 Å². The first-order valence-corrected chi connectivity index (χ1v) is 14.3.